The van der Waals surface area contributed by atoms with Crippen LogP contribution < -0.4 is 5.32 Å². The molecule has 1 heterocycles. The van der Waals surface area contributed by atoms with E-state index in [1.165, 1.54) is 12.1 Å². The Morgan fingerprint density at radius 3 is 2.71 bits per heavy atom. The fourth-order valence-electron chi connectivity index (χ4n) is 2.16. The monoisotopic (exact) mass is 332 g/mol. The van der Waals surface area contributed by atoms with Crippen molar-refractivity contribution in [2.45, 2.75) is 12.5 Å². The van der Waals surface area contributed by atoms with E-state index in [4.69, 9.17) is 27.9 Å². The number of likely N-dealkylation sites (tertiary alicyclic amines) is 1. The van der Waals surface area contributed by atoms with E-state index in [2.05, 4.69) is 5.32 Å². The molecule has 1 aliphatic heterocycles. The molecule has 0 aliphatic carbocycles. The molecule has 21 heavy (non-hydrogen) atoms. The number of benzene rings is 1. The Hall–Kier alpha value is -1.50. The SMILES string of the molecule is COC1CCN(C(=O)Nc2c(Cl)cc(Cl)cc2C(=O)O)C1. The molecular weight excluding hydrogens is 319 g/mol. The van der Waals surface area contributed by atoms with E-state index >= 15 is 0 Å². The van der Waals surface area contributed by atoms with Gasteiger partial charge in [0.05, 0.1) is 22.4 Å². The van der Waals surface area contributed by atoms with E-state index in [0.29, 0.717) is 13.1 Å². The van der Waals surface area contributed by atoms with Gasteiger partial charge in [-0.25, -0.2) is 9.59 Å². The van der Waals surface area contributed by atoms with Gasteiger partial charge >= 0.3 is 12.0 Å². The Labute approximate surface area is 131 Å². The number of halogens is 2. The zero-order valence-corrected chi connectivity index (χ0v) is 12.7. The van der Waals surface area contributed by atoms with E-state index in [9.17, 15) is 14.7 Å². The van der Waals surface area contributed by atoms with Crippen LogP contribution >= 0.6 is 23.2 Å². The minimum atomic E-state index is -1.22. The number of carbonyl (C=O) groups excluding carboxylic acids is 1. The number of ether oxygens (including phenoxy) is 1. The molecule has 2 rings (SSSR count). The highest BCUT2D eigenvalue weighted by atomic mass is 35.5. The summed E-state index contributed by atoms with van der Waals surface area (Å²) in [6.45, 7) is 0.994. The number of amides is 2. The van der Waals surface area contributed by atoms with Crippen molar-refractivity contribution in [3.8, 4) is 0 Å². The molecule has 1 unspecified atom stereocenters. The molecule has 8 heteroatoms. The van der Waals surface area contributed by atoms with Gasteiger partial charge in [-0.3, -0.25) is 0 Å². The van der Waals surface area contributed by atoms with Crippen molar-refractivity contribution < 1.29 is 19.4 Å². The number of urea groups is 1. The Bertz CT molecular complexity index is 580. The van der Waals surface area contributed by atoms with Crippen molar-refractivity contribution in [2.24, 2.45) is 0 Å². The molecule has 1 fully saturated rings. The molecule has 1 aromatic rings. The first-order valence-electron chi connectivity index (χ1n) is 6.23. The summed E-state index contributed by atoms with van der Waals surface area (Å²) >= 11 is 11.8. The van der Waals surface area contributed by atoms with Crippen molar-refractivity contribution in [1.82, 2.24) is 4.90 Å². The molecule has 1 aliphatic rings. The van der Waals surface area contributed by atoms with Gasteiger partial charge in [-0.1, -0.05) is 23.2 Å². The number of carbonyl (C=O) groups is 2. The van der Waals surface area contributed by atoms with Crippen LogP contribution in [-0.2, 0) is 4.74 Å². The second-order valence-corrected chi connectivity index (χ2v) is 5.48. The zero-order chi connectivity index (χ0) is 15.6. The average Bonchev–Trinajstić information content (AvgIpc) is 2.90. The number of nitrogens with one attached hydrogen (secondary N) is 1. The van der Waals surface area contributed by atoms with Crippen LogP contribution in [0.3, 0.4) is 0 Å². The van der Waals surface area contributed by atoms with Crippen LogP contribution in [0.25, 0.3) is 0 Å². The third-order valence-electron chi connectivity index (χ3n) is 3.28. The minimum Gasteiger partial charge on any atom is -0.478 e. The maximum Gasteiger partial charge on any atom is 0.337 e. The molecule has 114 valence electrons. The van der Waals surface area contributed by atoms with Gasteiger partial charge in [-0.2, -0.15) is 0 Å². The molecule has 6 nitrogen and oxygen atoms in total. The van der Waals surface area contributed by atoms with Gasteiger partial charge in [0.2, 0.25) is 0 Å². The van der Waals surface area contributed by atoms with Crippen molar-refractivity contribution in [3.63, 3.8) is 0 Å². The van der Waals surface area contributed by atoms with Crippen LogP contribution in [0.4, 0.5) is 10.5 Å². The summed E-state index contributed by atoms with van der Waals surface area (Å²) in [6, 6.07) is 2.21. The molecule has 1 atom stereocenters. The maximum absolute atomic E-state index is 12.2. The summed E-state index contributed by atoms with van der Waals surface area (Å²) in [5.74, 6) is -1.22. The average molecular weight is 333 g/mol. The van der Waals surface area contributed by atoms with Crippen LogP contribution in [0, 0.1) is 0 Å². The molecule has 1 aromatic carbocycles. The summed E-state index contributed by atoms with van der Waals surface area (Å²) in [7, 11) is 1.59. The number of hydrogen-bond donors (Lipinski definition) is 2. The Morgan fingerprint density at radius 1 is 1.43 bits per heavy atom. The third kappa shape index (κ3) is 3.58. The number of aromatic carboxylic acids is 1. The molecule has 2 amide bonds. The molecule has 0 bridgehead atoms. The van der Waals surface area contributed by atoms with Gasteiger partial charge in [-0.15, -0.1) is 0 Å². The number of carboxylic acid groups (broad SMARTS) is 1. The predicted molar refractivity (Wildman–Crippen MR) is 79.4 cm³/mol. The number of anilines is 1. The second kappa shape index (κ2) is 6.51. The van der Waals surface area contributed by atoms with E-state index in [0.717, 1.165) is 6.42 Å². The Kier molecular flexibility index (Phi) is 4.92. The number of carboxylic acids is 1. The molecule has 0 saturated carbocycles. The topological polar surface area (TPSA) is 78.9 Å². The van der Waals surface area contributed by atoms with Crippen LogP contribution in [-0.4, -0.2) is 48.3 Å². The lowest BCUT2D eigenvalue weighted by Crippen LogP contribution is -2.34. The van der Waals surface area contributed by atoms with Gasteiger partial charge in [0.1, 0.15) is 0 Å². The van der Waals surface area contributed by atoms with Gasteiger partial charge in [-0.05, 0) is 18.6 Å². The predicted octanol–water partition coefficient (Wildman–Crippen LogP) is 2.94. The van der Waals surface area contributed by atoms with Crippen molar-refractivity contribution in [2.75, 3.05) is 25.5 Å². The lowest BCUT2D eigenvalue weighted by atomic mass is 10.2. The first-order chi connectivity index (χ1) is 9.92. The standard InChI is InChI=1S/C13H14Cl2N2O4/c1-21-8-2-3-17(6-8)13(20)16-11-9(12(18)19)4-7(14)5-10(11)15/h4-5,8H,2-3,6H2,1H3,(H,16,20)(H,18,19). The third-order valence-corrected chi connectivity index (χ3v) is 3.80. The van der Waals surface area contributed by atoms with Crippen LogP contribution in [0.15, 0.2) is 12.1 Å². The minimum absolute atomic E-state index is 0.00427. The summed E-state index contributed by atoms with van der Waals surface area (Å²) in [5, 5.41) is 12.0. The molecule has 0 aromatic heterocycles. The molecule has 0 spiro atoms. The summed E-state index contributed by atoms with van der Waals surface area (Å²) in [4.78, 5) is 24.9. The van der Waals surface area contributed by atoms with Gasteiger partial charge < -0.3 is 20.1 Å². The number of nitrogens with zero attached hydrogens (tertiary/aromatic N) is 1. The van der Waals surface area contributed by atoms with Crippen molar-refractivity contribution in [3.05, 3.63) is 27.7 Å². The maximum atomic E-state index is 12.2. The molecule has 1 saturated heterocycles. The van der Waals surface area contributed by atoms with E-state index < -0.39 is 12.0 Å². The smallest absolute Gasteiger partial charge is 0.337 e. The summed E-state index contributed by atoms with van der Waals surface area (Å²) < 4.78 is 5.18. The van der Waals surface area contributed by atoms with Gasteiger partial charge in [0.25, 0.3) is 0 Å². The fraction of sp³-hybridized carbons (Fsp3) is 0.385. The van der Waals surface area contributed by atoms with Gasteiger partial charge in [0, 0.05) is 25.2 Å². The van der Waals surface area contributed by atoms with Gasteiger partial charge in [0.15, 0.2) is 0 Å². The van der Waals surface area contributed by atoms with E-state index in [-0.39, 0.29) is 27.4 Å². The first kappa shape index (κ1) is 15.9. The van der Waals surface area contributed by atoms with Crippen molar-refractivity contribution >= 4 is 40.9 Å². The zero-order valence-electron chi connectivity index (χ0n) is 11.2. The van der Waals surface area contributed by atoms with Crippen LogP contribution in [0.5, 0.6) is 0 Å². The van der Waals surface area contributed by atoms with Crippen LogP contribution in [0.1, 0.15) is 16.8 Å². The molecule has 2 N–H and O–H groups in total. The Morgan fingerprint density at radius 2 is 2.14 bits per heavy atom. The fourth-order valence-corrected chi connectivity index (χ4v) is 2.70. The normalized spacial score (nSPS) is 17.9. The highest BCUT2D eigenvalue weighted by Gasteiger charge is 2.27. The summed E-state index contributed by atoms with van der Waals surface area (Å²) in [5.41, 5.74) is -0.109. The lowest BCUT2D eigenvalue weighted by Gasteiger charge is -2.18. The summed E-state index contributed by atoms with van der Waals surface area (Å²) in [6.07, 6.45) is 0.736. The highest BCUT2D eigenvalue weighted by Crippen LogP contribution is 2.30. The quantitative estimate of drug-likeness (QED) is 0.891. The number of hydrogen-bond acceptors (Lipinski definition) is 3. The highest BCUT2D eigenvalue weighted by molar-refractivity contribution is 6.37. The van der Waals surface area contributed by atoms with E-state index in [1.54, 1.807) is 12.0 Å². The lowest BCUT2D eigenvalue weighted by molar-refractivity contribution is 0.0698. The first-order valence-corrected chi connectivity index (χ1v) is 6.99. The van der Waals surface area contributed by atoms with Crippen LogP contribution in [0.2, 0.25) is 10.0 Å². The number of rotatable bonds is 3. The second-order valence-electron chi connectivity index (χ2n) is 4.64. The largest absolute Gasteiger partial charge is 0.478 e. The molecular formula is C13H14Cl2N2O4. The molecule has 0 radical (unpaired) electrons. The Balaban J connectivity index is 2.19. The number of methoxy groups -OCH3 is 1. The van der Waals surface area contributed by atoms with Crippen molar-refractivity contribution in [1.29, 1.82) is 0 Å². The van der Waals surface area contributed by atoms with E-state index in [1.807, 2.05) is 0 Å².